The van der Waals surface area contributed by atoms with Crippen molar-refractivity contribution in [2.24, 2.45) is 0 Å². The Morgan fingerprint density at radius 3 is 2.45 bits per heavy atom. The Kier molecular flexibility index (Phi) is 6.02. The first-order chi connectivity index (χ1) is 15.0. The second-order valence-electron chi connectivity index (χ2n) is 7.67. The number of hydrogen-bond donors (Lipinski definition) is 0. The van der Waals surface area contributed by atoms with Crippen molar-refractivity contribution in [2.75, 3.05) is 38.2 Å². The summed E-state index contributed by atoms with van der Waals surface area (Å²) in [5.41, 5.74) is 2.64. The normalized spacial score (nSPS) is 13.9. The van der Waals surface area contributed by atoms with E-state index >= 15 is 0 Å². The van der Waals surface area contributed by atoms with Gasteiger partial charge in [0.05, 0.1) is 19.2 Å². The molecule has 1 fully saturated rings. The molecule has 160 valence electrons. The minimum Gasteiger partial charge on any atom is -0.497 e. The van der Waals surface area contributed by atoms with E-state index < -0.39 is 0 Å². The second kappa shape index (κ2) is 9.04. The van der Waals surface area contributed by atoms with Crippen molar-refractivity contribution in [3.8, 4) is 11.4 Å². The molecule has 1 aliphatic heterocycles. The van der Waals surface area contributed by atoms with Gasteiger partial charge in [-0.2, -0.15) is 4.68 Å². The van der Waals surface area contributed by atoms with Gasteiger partial charge in [-0.3, -0.25) is 9.59 Å². The summed E-state index contributed by atoms with van der Waals surface area (Å²) in [5, 5.41) is 4.57. The molecule has 3 aromatic rings. The number of amides is 1. The first-order valence-electron chi connectivity index (χ1n) is 10.4. The van der Waals surface area contributed by atoms with E-state index in [9.17, 15) is 9.59 Å². The van der Waals surface area contributed by atoms with E-state index in [4.69, 9.17) is 4.74 Å². The molecule has 1 saturated heterocycles. The van der Waals surface area contributed by atoms with Gasteiger partial charge in [0.2, 0.25) is 5.91 Å². The van der Waals surface area contributed by atoms with Crippen molar-refractivity contribution in [1.29, 1.82) is 0 Å². The van der Waals surface area contributed by atoms with Gasteiger partial charge in [0.15, 0.2) is 0 Å². The maximum atomic E-state index is 12.7. The van der Waals surface area contributed by atoms with Crippen LogP contribution in [0.5, 0.6) is 5.75 Å². The topological polar surface area (TPSA) is 67.7 Å². The number of methoxy groups -OCH3 is 1. The minimum absolute atomic E-state index is 0.102. The lowest BCUT2D eigenvalue weighted by atomic mass is 10.1. The fraction of sp³-hybridized carbons (Fsp3) is 0.292. The first-order valence-corrected chi connectivity index (χ1v) is 10.4. The van der Waals surface area contributed by atoms with Crippen molar-refractivity contribution < 1.29 is 9.53 Å². The van der Waals surface area contributed by atoms with Crippen molar-refractivity contribution in [1.82, 2.24) is 14.7 Å². The van der Waals surface area contributed by atoms with Crippen LogP contribution >= 0.6 is 0 Å². The van der Waals surface area contributed by atoms with Crippen LogP contribution in [0.25, 0.3) is 5.69 Å². The largest absolute Gasteiger partial charge is 0.497 e. The molecule has 1 aromatic heterocycles. The second-order valence-corrected chi connectivity index (χ2v) is 7.67. The third kappa shape index (κ3) is 4.77. The summed E-state index contributed by atoms with van der Waals surface area (Å²) in [7, 11) is 1.62. The number of anilines is 1. The number of hydrogen-bond acceptors (Lipinski definition) is 5. The molecule has 1 aliphatic rings. The molecule has 0 atom stereocenters. The summed E-state index contributed by atoms with van der Waals surface area (Å²) in [4.78, 5) is 29.0. The summed E-state index contributed by atoms with van der Waals surface area (Å²) in [6.45, 7) is 4.58. The molecule has 7 heteroatoms. The van der Waals surface area contributed by atoms with Gasteiger partial charge in [-0.25, -0.2) is 0 Å². The number of rotatable bonds is 5. The van der Waals surface area contributed by atoms with Gasteiger partial charge in [-0.1, -0.05) is 29.8 Å². The van der Waals surface area contributed by atoms with Gasteiger partial charge in [0, 0.05) is 32.2 Å². The first kappa shape index (κ1) is 20.7. The summed E-state index contributed by atoms with van der Waals surface area (Å²) in [6.07, 6.45) is 0.355. The van der Waals surface area contributed by atoms with Crippen molar-refractivity contribution in [2.45, 2.75) is 13.3 Å². The predicted molar refractivity (Wildman–Crippen MR) is 120 cm³/mol. The van der Waals surface area contributed by atoms with E-state index in [1.165, 1.54) is 4.68 Å². The Labute approximate surface area is 181 Å². The maximum absolute atomic E-state index is 12.7. The quantitative estimate of drug-likeness (QED) is 0.637. The molecule has 2 heterocycles. The Bertz CT molecular complexity index is 1120. The monoisotopic (exact) mass is 418 g/mol. The van der Waals surface area contributed by atoms with E-state index in [1.807, 2.05) is 60.4 Å². The van der Waals surface area contributed by atoms with Gasteiger partial charge in [0.25, 0.3) is 5.56 Å². The zero-order chi connectivity index (χ0) is 21.8. The Morgan fingerprint density at radius 1 is 1.00 bits per heavy atom. The van der Waals surface area contributed by atoms with Crippen LogP contribution in [0.3, 0.4) is 0 Å². The zero-order valence-corrected chi connectivity index (χ0v) is 17.8. The highest BCUT2D eigenvalue weighted by molar-refractivity contribution is 5.79. The molecule has 0 N–H and O–H groups in total. The lowest BCUT2D eigenvalue weighted by Gasteiger charge is -2.35. The van der Waals surface area contributed by atoms with Gasteiger partial charge in [0.1, 0.15) is 11.6 Å². The third-order valence-electron chi connectivity index (χ3n) is 5.51. The molecule has 7 nitrogen and oxygen atoms in total. The van der Waals surface area contributed by atoms with Crippen LogP contribution in [-0.2, 0) is 11.2 Å². The molecular weight excluding hydrogens is 392 g/mol. The van der Waals surface area contributed by atoms with E-state index in [0.29, 0.717) is 32.6 Å². The molecule has 1 amide bonds. The number of benzene rings is 2. The van der Waals surface area contributed by atoms with Gasteiger partial charge < -0.3 is 14.5 Å². The summed E-state index contributed by atoms with van der Waals surface area (Å²) in [5.74, 6) is 1.59. The fourth-order valence-corrected chi connectivity index (χ4v) is 3.69. The molecule has 0 saturated carbocycles. The minimum atomic E-state index is -0.167. The molecule has 0 unspecified atom stereocenters. The Balaban J connectivity index is 1.41. The van der Waals surface area contributed by atoms with Crippen LogP contribution in [0.2, 0.25) is 0 Å². The van der Waals surface area contributed by atoms with Crippen molar-refractivity contribution in [3.05, 3.63) is 82.1 Å². The lowest BCUT2D eigenvalue weighted by Crippen LogP contribution is -2.49. The standard InChI is InChI=1S/C24H26N4O3/c1-18-6-8-20(9-7-18)28-23(29)11-10-22(25-28)26-12-14-27(15-13-26)24(30)17-19-4-3-5-21(16-19)31-2/h3-11,16H,12-15,17H2,1-2H3. The summed E-state index contributed by atoms with van der Waals surface area (Å²) in [6, 6.07) is 18.6. The number of piperazine rings is 1. The average Bonchev–Trinajstić information content (AvgIpc) is 2.80. The van der Waals surface area contributed by atoms with Gasteiger partial charge >= 0.3 is 0 Å². The average molecular weight is 418 g/mol. The smallest absolute Gasteiger partial charge is 0.271 e. The molecular formula is C24H26N4O3. The molecule has 0 spiro atoms. The number of aromatic nitrogens is 2. The third-order valence-corrected chi connectivity index (χ3v) is 5.51. The molecule has 0 bridgehead atoms. The van der Waals surface area contributed by atoms with Crippen LogP contribution in [-0.4, -0.2) is 53.9 Å². The van der Waals surface area contributed by atoms with E-state index in [1.54, 1.807) is 19.2 Å². The van der Waals surface area contributed by atoms with Gasteiger partial charge in [-0.05, 0) is 42.8 Å². The fourth-order valence-electron chi connectivity index (χ4n) is 3.69. The molecule has 31 heavy (non-hydrogen) atoms. The van der Waals surface area contributed by atoms with E-state index in [2.05, 4.69) is 10.00 Å². The highest BCUT2D eigenvalue weighted by Crippen LogP contribution is 2.16. The van der Waals surface area contributed by atoms with E-state index in [-0.39, 0.29) is 11.5 Å². The van der Waals surface area contributed by atoms with Crippen LogP contribution < -0.4 is 15.2 Å². The lowest BCUT2D eigenvalue weighted by molar-refractivity contribution is -0.130. The molecule has 0 radical (unpaired) electrons. The number of carbonyl (C=O) groups is 1. The number of aryl methyl sites for hydroxylation is 1. The Hall–Kier alpha value is -3.61. The van der Waals surface area contributed by atoms with Gasteiger partial charge in [-0.15, -0.1) is 5.10 Å². The molecule has 4 rings (SSSR count). The molecule has 0 aliphatic carbocycles. The van der Waals surface area contributed by atoms with Crippen molar-refractivity contribution >= 4 is 11.7 Å². The van der Waals surface area contributed by atoms with Crippen LogP contribution in [0.15, 0.2) is 65.5 Å². The zero-order valence-electron chi connectivity index (χ0n) is 17.8. The van der Waals surface area contributed by atoms with Crippen molar-refractivity contribution in [3.63, 3.8) is 0 Å². The maximum Gasteiger partial charge on any atom is 0.271 e. The summed E-state index contributed by atoms with van der Waals surface area (Å²) < 4.78 is 6.66. The summed E-state index contributed by atoms with van der Waals surface area (Å²) >= 11 is 0. The number of nitrogens with zero attached hydrogens (tertiary/aromatic N) is 4. The predicted octanol–water partition coefficient (Wildman–Crippen LogP) is 2.44. The number of ether oxygens (including phenoxy) is 1. The van der Waals surface area contributed by atoms with E-state index in [0.717, 1.165) is 28.4 Å². The highest BCUT2D eigenvalue weighted by atomic mass is 16.5. The van der Waals surface area contributed by atoms with Crippen LogP contribution in [0.4, 0.5) is 5.82 Å². The Morgan fingerprint density at radius 2 is 1.74 bits per heavy atom. The van der Waals surface area contributed by atoms with Crippen LogP contribution in [0, 0.1) is 6.92 Å². The van der Waals surface area contributed by atoms with Crippen LogP contribution in [0.1, 0.15) is 11.1 Å². The SMILES string of the molecule is COc1cccc(CC(=O)N2CCN(c3ccc(=O)n(-c4ccc(C)cc4)n3)CC2)c1. The number of carbonyl (C=O) groups excluding carboxylic acids is 1. The highest BCUT2D eigenvalue weighted by Gasteiger charge is 2.22. The molecule has 2 aromatic carbocycles.